The summed E-state index contributed by atoms with van der Waals surface area (Å²) in [6.07, 6.45) is 3.83. The van der Waals surface area contributed by atoms with Crippen LogP contribution in [-0.4, -0.2) is 20.1 Å². The van der Waals surface area contributed by atoms with Crippen molar-refractivity contribution >= 4 is 28.4 Å². The third-order valence-electron chi connectivity index (χ3n) is 17.1. The predicted molar refractivity (Wildman–Crippen MR) is 307 cm³/mol. The molecular formula is C69H63F6NO4. The van der Waals surface area contributed by atoms with Gasteiger partial charge in [-0.15, -0.1) is 0 Å². The second-order valence-electron chi connectivity index (χ2n) is 22.3. The number of alkyl halides is 6. The summed E-state index contributed by atoms with van der Waals surface area (Å²) in [7, 11) is 3.07. The second kappa shape index (κ2) is 21.0. The number of fused-ring (bicyclic) bond motifs is 8. The molecule has 8 aromatic carbocycles. The fourth-order valence-corrected chi connectivity index (χ4v) is 13.0. The van der Waals surface area contributed by atoms with Gasteiger partial charge < -0.3 is 19.5 Å². The summed E-state index contributed by atoms with van der Waals surface area (Å²) < 4.78 is 109. The number of anilines is 1. The van der Waals surface area contributed by atoms with Crippen molar-refractivity contribution in [3.05, 3.63) is 207 Å². The van der Waals surface area contributed by atoms with Crippen LogP contribution in [0.1, 0.15) is 138 Å². The summed E-state index contributed by atoms with van der Waals surface area (Å²) in [5, 5.41) is 3.82. The van der Waals surface area contributed by atoms with Crippen molar-refractivity contribution in [3.8, 4) is 50.6 Å². The molecule has 1 amide bonds. The molecule has 3 aliphatic rings. The van der Waals surface area contributed by atoms with Crippen molar-refractivity contribution in [2.45, 2.75) is 108 Å². The maximum atomic E-state index is 15.3. The first-order valence-corrected chi connectivity index (χ1v) is 27.6. The number of halogens is 6. The lowest BCUT2D eigenvalue weighted by Gasteiger charge is -2.38. The van der Waals surface area contributed by atoms with Crippen LogP contribution < -0.4 is 19.5 Å². The fourth-order valence-electron chi connectivity index (χ4n) is 13.0. The lowest BCUT2D eigenvalue weighted by molar-refractivity contribution is -0.143. The van der Waals surface area contributed by atoms with E-state index in [1.807, 2.05) is 110 Å². The molecule has 11 heteroatoms. The average Bonchev–Trinajstić information content (AvgIpc) is 3.97. The van der Waals surface area contributed by atoms with Gasteiger partial charge in [0, 0.05) is 44.3 Å². The summed E-state index contributed by atoms with van der Waals surface area (Å²) in [6.45, 7) is 7.37. The quantitative estimate of drug-likeness (QED) is 0.0923. The first kappa shape index (κ1) is 54.2. The highest BCUT2D eigenvalue weighted by molar-refractivity contribution is 6.11. The Morgan fingerprint density at radius 1 is 0.675 bits per heavy atom. The molecule has 1 N–H and O–H groups in total. The van der Waals surface area contributed by atoms with Gasteiger partial charge in [-0.3, -0.25) is 4.79 Å². The van der Waals surface area contributed by atoms with Crippen LogP contribution in [-0.2, 0) is 23.4 Å². The van der Waals surface area contributed by atoms with Crippen LogP contribution >= 0.6 is 0 Å². The number of rotatable bonds is 13. The lowest BCUT2D eigenvalue weighted by Crippen LogP contribution is -2.35. The molecule has 1 atom stereocenters. The molecule has 1 aliphatic heterocycles. The second-order valence-corrected chi connectivity index (χ2v) is 22.3. The minimum atomic E-state index is -5.13. The SMILES string of the molecule is CCCCCC1CCC(c2ccc(-c3ccc(C(=O)Nc4ccc(-c5cc6c7c(c8c(c6cc5OC)OC(c5ccccc5)(c5ccc(OC)cc5)C=C8)C(C)(C)c5c-7cc(C(F)(F)F)cc5C(F)(F)F)c(C)c4)cc3)cc2)CC1. The molecule has 0 spiro atoms. The Kier molecular flexibility index (Phi) is 14.2. The normalized spacial score (nSPS) is 18.2. The smallest absolute Gasteiger partial charge is 0.416 e. The van der Waals surface area contributed by atoms with Gasteiger partial charge in [0.25, 0.3) is 5.91 Å². The van der Waals surface area contributed by atoms with Crippen molar-refractivity contribution in [2.75, 3.05) is 19.5 Å². The van der Waals surface area contributed by atoms with E-state index in [4.69, 9.17) is 14.2 Å². The van der Waals surface area contributed by atoms with Gasteiger partial charge in [0.05, 0.1) is 25.3 Å². The highest BCUT2D eigenvalue weighted by Crippen LogP contribution is 2.62. The molecule has 80 heavy (non-hydrogen) atoms. The number of ether oxygens (including phenoxy) is 3. The average molecular weight is 1080 g/mol. The molecule has 1 unspecified atom stereocenters. The van der Waals surface area contributed by atoms with Gasteiger partial charge in [0.2, 0.25) is 0 Å². The lowest BCUT2D eigenvalue weighted by atomic mass is 9.75. The van der Waals surface area contributed by atoms with Gasteiger partial charge in [0.15, 0.2) is 5.60 Å². The minimum absolute atomic E-state index is 0.166. The van der Waals surface area contributed by atoms with Gasteiger partial charge in [-0.25, -0.2) is 0 Å². The van der Waals surface area contributed by atoms with Crippen molar-refractivity contribution in [2.24, 2.45) is 5.92 Å². The van der Waals surface area contributed by atoms with E-state index < -0.39 is 34.5 Å². The molecular weight excluding hydrogens is 1020 g/mol. The Morgan fingerprint density at radius 3 is 1.98 bits per heavy atom. The Labute approximate surface area is 463 Å². The number of nitrogens with one attached hydrogen (secondary N) is 1. The number of unbranched alkanes of at least 4 members (excludes halogenated alkanes) is 2. The van der Waals surface area contributed by atoms with Gasteiger partial charge in [-0.2, -0.15) is 26.3 Å². The summed E-state index contributed by atoms with van der Waals surface area (Å²) in [6, 6.07) is 43.3. The van der Waals surface area contributed by atoms with Gasteiger partial charge in [-0.05, 0) is 167 Å². The molecule has 11 rings (SSSR count). The van der Waals surface area contributed by atoms with Crippen LogP contribution in [0.4, 0.5) is 32.0 Å². The van der Waals surface area contributed by atoms with E-state index in [2.05, 4.69) is 36.5 Å². The van der Waals surface area contributed by atoms with Crippen LogP contribution in [0.3, 0.4) is 0 Å². The minimum Gasteiger partial charge on any atom is -0.497 e. The Morgan fingerprint density at radius 2 is 1.35 bits per heavy atom. The Hall–Kier alpha value is -7.79. The summed E-state index contributed by atoms with van der Waals surface area (Å²) in [4.78, 5) is 13.8. The highest BCUT2D eigenvalue weighted by Gasteiger charge is 2.50. The van der Waals surface area contributed by atoms with Crippen LogP contribution in [0, 0.1) is 12.8 Å². The fraction of sp³-hybridized carbons (Fsp3) is 0.290. The van der Waals surface area contributed by atoms with Gasteiger partial charge >= 0.3 is 12.4 Å². The summed E-state index contributed by atoms with van der Waals surface area (Å²) in [5.41, 5.74) is 2.97. The van der Waals surface area contributed by atoms with Crippen LogP contribution in [0.15, 0.2) is 152 Å². The number of carbonyl (C=O) groups is 1. The molecule has 5 nitrogen and oxygen atoms in total. The molecule has 2 aliphatic carbocycles. The highest BCUT2D eigenvalue weighted by atomic mass is 19.4. The molecule has 1 saturated carbocycles. The molecule has 0 aromatic heterocycles. The zero-order valence-electron chi connectivity index (χ0n) is 45.7. The van der Waals surface area contributed by atoms with Crippen molar-refractivity contribution in [3.63, 3.8) is 0 Å². The van der Waals surface area contributed by atoms with Crippen molar-refractivity contribution in [1.82, 2.24) is 0 Å². The maximum Gasteiger partial charge on any atom is 0.416 e. The standard InChI is InChI=1S/C69H63F6NO4/c1-7-8-10-13-42-16-18-43(19-17-42)44-20-22-45(23-21-44)46-24-26-47(27-25-46)65(77)76-51-30-33-53(41(2)36-51)55-39-56-57(40-60(55)79-6)64-54(34-35-67(80-64,48-14-11-9-12-15-48)49-28-31-52(78-5)32-29-49)63-61(56)58-37-50(68(70,71)72)38-59(69(73,74)75)62(58)66(63,3)4/h9,11-12,14-15,20-40,42-43H,7-8,10,13,16-19H2,1-6H3,(H,76,77). The van der Waals surface area contributed by atoms with E-state index in [1.165, 1.54) is 64.0 Å². The topological polar surface area (TPSA) is 56.8 Å². The third-order valence-corrected chi connectivity index (χ3v) is 17.1. The van der Waals surface area contributed by atoms with E-state index in [0.717, 1.165) is 39.8 Å². The number of carbonyl (C=O) groups excluding carboxylic acids is 1. The molecule has 1 heterocycles. The largest absolute Gasteiger partial charge is 0.497 e. The van der Waals surface area contributed by atoms with Crippen LogP contribution in [0.25, 0.3) is 50.2 Å². The molecule has 0 bridgehead atoms. The van der Waals surface area contributed by atoms with E-state index in [1.54, 1.807) is 39.2 Å². The van der Waals surface area contributed by atoms with E-state index in [-0.39, 0.29) is 28.7 Å². The summed E-state index contributed by atoms with van der Waals surface area (Å²) in [5.74, 6) is 2.46. The maximum absolute atomic E-state index is 15.3. The Balaban J connectivity index is 0.960. The molecule has 0 radical (unpaired) electrons. The Bertz CT molecular complexity index is 3670. The predicted octanol–water partition coefficient (Wildman–Crippen LogP) is 19.3. The first-order chi connectivity index (χ1) is 38.3. The number of benzene rings is 8. The molecule has 410 valence electrons. The number of methoxy groups -OCH3 is 2. The van der Waals surface area contributed by atoms with E-state index >= 15 is 13.2 Å². The van der Waals surface area contributed by atoms with Crippen LogP contribution in [0.5, 0.6) is 17.2 Å². The number of amides is 1. The molecule has 0 saturated heterocycles. The zero-order valence-corrected chi connectivity index (χ0v) is 45.7. The first-order valence-electron chi connectivity index (χ1n) is 27.6. The van der Waals surface area contributed by atoms with E-state index in [0.29, 0.717) is 67.4 Å². The summed E-state index contributed by atoms with van der Waals surface area (Å²) >= 11 is 0. The van der Waals surface area contributed by atoms with Gasteiger partial charge in [-0.1, -0.05) is 137 Å². The number of hydrogen-bond acceptors (Lipinski definition) is 4. The molecule has 8 aromatic rings. The van der Waals surface area contributed by atoms with Crippen molar-refractivity contribution in [1.29, 1.82) is 0 Å². The van der Waals surface area contributed by atoms with Crippen LogP contribution in [0.2, 0.25) is 0 Å². The number of aryl methyl sites for hydroxylation is 1. The zero-order chi connectivity index (χ0) is 56.3. The number of hydrogen-bond donors (Lipinski definition) is 1. The van der Waals surface area contributed by atoms with Crippen molar-refractivity contribution < 1.29 is 45.3 Å². The monoisotopic (exact) mass is 1080 g/mol. The van der Waals surface area contributed by atoms with Gasteiger partial charge in [0.1, 0.15) is 17.2 Å². The molecule has 1 fully saturated rings. The van der Waals surface area contributed by atoms with E-state index in [9.17, 15) is 18.0 Å². The third kappa shape index (κ3) is 9.80.